The first-order valence-corrected chi connectivity index (χ1v) is 9.76. The number of aromatic nitrogens is 2. The smallest absolute Gasteiger partial charge is 0.264 e. The van der Waals surface area contributed by atoms with Crippen molar-refractivity contribution in [2.75, 3.05) is 11.9 Å². The van der Waals surface area contributed by atoms with E-state index in [9.17, 15) is 4.79 Å². The Kier molecular flexibility index (Phi) is 6.23. The molecule has 0 radical (unpaired) electrons. The van der Waals surface area contributed by atoms with Gasteiger partial charge in [-0.05, 0) is 43.3 Å². The summed E-state index contributed by atoms with van der Waals surface area (Å²) in [4.78, 5) is 16.6. The van der Waals surface area contributed by atoms with E-state index in [1.54, 1.807) is 12.1 Å². The van der Waals surface area contributed by atoms with Gasteiger partial charge in [-0.2, -0.15) is 4.98 Å². The highest BCUT2D eigenvalue weighted by Crippen LogP contribution is 2.27. The van der Waals surface area contributed by atoms with Crippen molar-refractivity contribution >= 4 is 11.6 Å². The molecule has 0 aliphatic carbocycles. The van der Waals surface area contributed by atoms with E-state index in [1.807, 2.05) is 73.7 Å². The second-order valence-corrected chi connectivity index (χ2v) is 6.81. The summed E-state index contributed by atoms with van der Waals surface area (Å²) in [5, 5.41) is 6.82. The number of hydrogen-bond donors (Lipinski definition) is 1. The largest absolute Gasteiger partial charge is 0.484 e. The van der Waals surface area contributed by atoms with Gasteiger partial charge in [0.1, 0.15) is 11.5 Å². The number of amides is 1. The number of carbonyl (C=O) groups excluding carboxylic acids is 1. The Morgan fingerprint density at radius 3 is 2.48 bits per heavy atom. The number of nitrogens with one attached hydrogen (secondary N) is 1. The fraction of sp³-hybridized carbons (Fsp3) is 0.125. The lowest BCUT2D eigenvalue weighted by Crippen LogP contribution is -2.20. The Hall–Kier alpha value is -4.13. The van der Waals surface area contributed by atoms with Crippen LogP contribution in [-0.2, 0) is 11.4 Å². The number of nitrogens with zero attached hydrogens (tertiary/aromatic N) is 2. The van der Waals surface area contributed by atoms with Crippen molar-refractivity contribution in [2.24, 2.45) is 0 Å². The molecule has 0 atom stereocenters. The standard InChI is InChI=1S/C24H21N3O4/c1-17-11-13-18(14-12-17)25-22(28)15-30-21-10-6-5-9-20(21)24-26-23(31-27-24)16-29-19-7-3-2-4-8-19/h2-14H,15-16H2,1H3,(H,25,28). The molecule has 156 valence electrons. The van der Waals surface area contributed by atoms with Crippen molar-refractivity contribution < 1.29 is 18.8 Å². The van der Waals surface area contributed by atoms with E-state index in [-0.39, 0.29) is 19.1 Å². The summed E-state index contributed by atoms with van der Waals surface area (Å²) in [6.07, 6.45) is 0. The number of aryl methyl sites for hydroxylation is 1. The summed E-state index contributed by atoms with van der Waals surface area (Å²) in [5.74, 6) is 1.64. The molecule has 0 saturated heterocycles. The van der Waals surface area contributed by atoms with Crippen LogP contribution in [0.15, 0.2) is 83.4 Å². The lowest BCUT2D eigenvalue weighted by atomic mass is 10.2. The van der Waals surface area contributed by atoms with Crippen LogP contribution in [0.5, 0.6) is 11.5 Å². The summed E-state index contributed by atoms with van der Waals surface area (Å²) in [5.41, 5.74) is 2.46. The van der Waals surface area contributed by atoms with Crippen LogP contribution in [0.4, 0.5) is 5.69 Å². The van der Waals surface area contributed by atoms with E-state index in [0.717, 1.165) is 5.56 Å². The normalized spacial score (nSPS) is 10.5. The van der Waals surface area contributed by atoms with Crippen LogP contribution in [0.3, 0.4) is 0 Å². The van der Waals surface area contributed by atoms with Gasteiger partial charge in [-0.15, -0.1) is 0 Å². The summed E-state index contributed by atoms with van der Waals surface area (Å²) in [6.45, 7) is 1.99. The highest BCUT2D eigenvalue weighted by Gasteiger charge is 2.15. The molecule has 3 aromatic carbocycles. The van der Waals surface area contributed by atoms with E-state index in [1.165, 1.54) is 0 Å². The maximum Gasteiger partial charge on any atom is 0.264 e. The van der Waals surface area contributed by atoms with Gasteiger partial charge in [0.2, 0.25) is 5.82 Å². The number of para-hydroxylation sites is 2. The summed E-state index contributed by atoms with van der Waals surface area (Å²) < 4.78 is 16.6. The van der Waals surface area contributed by atoms with Gasteiger partial charge < -0.3 is 19.3 Å². The molecule has 0 bridgehead atoms. The Balaban J connectivity index is 1.38. The first-order chi connectivity index (χ1) is 15.2. The predicted molar refractivity (Wildman–Crippen MR) is 116 cm³/mol. The Bertz CT molecular complexity index is 1140. The number of rotatable bonds is 8. The summed E-state index contributed by atoms with van der Waals surface area (Å²) in [6, 6.07) is 24.2. The molecular formula is C24H21N3O4. The quantitative estimate of drug-likeness (QED) is 0.451. The molecule has 0 aliphatic heterocycles. The molecule has 0 fully saturated rings. The maximum absolute atomic E-state index is 12.2. The Labute approximate surface area is 179 Å². The van der Waals surface area contributed by atoms with Crippen molar-refractivity contribution in [1.29, 1.82) is 0 Å². The van der Waals surface area contributed by atoms with E-state index in [2.05, 4.69) is 15.5 Å². The predicted octanol–water partition coefficient (Wildman–Crippen LogP) is 4.64. The van der Waals surface area contributed by atoms with Crippen molar-refractivity contribution in [3.8, 4) is 22.9 Å². The molecule has 7 nitrogen and oxygen atoms in total. The molecule has 1 aromatic heterocycles. The van der Waals surface area contributed by atoms with Crippen molar-refractivity contribution in [3.05, 3.63) is 90.3 Å². The Morgan fingerprint density at radius 1 is 0.935 bits per heavy atom. The number of hydrogen-bond acceptors (Lipinski definition) is 6. The third kappa shape index (κ3) is 5.48. The number of benzene rings is 3. The molecule has 7 heteroatoms. The summed E-state index contributed by atoms with van der Waals surface area (Å²) in [7, 11) is 0. The first-order valence-electron chi connectivity index (χ1n) is 9.76. The molecule has 0 spiro atoms. The van der Waals surface area contributed by atoms with Gasteiger partial charge in [0, 0.05) is 5.69 Å². The summed E-state index contributed by atoms with van der Waals surface area (Å²) >= 11 is 0. The average molecular weight is 415 g/mol. The zero-order chi connectivity index (χ0) is 21.5. The molecule has 1 N–H and O–H groups in total. The third-order valence-corrected chi connectivity index (χ3v) is 4.40. The van der Waals surface area contributed by atoms with Crippen LogP contribution in [0.1, 0.15) is 11.5 Å². The van der Waals surface area contributed by atoms with E-state index >= 15 is 0 Å². The molecule has 0 unspecified atom stereocenters. The minimum Gasteiger partial charge on any atom is -0.484 e. The minimum atomic E-state index is -0.260. The fourth-order valence-electron chi connectivity index (χ4n) is 2.84. The van der Waals surface area contributed by atoms with Gasteiger partial charge in [0.05, 0.1) is 5.56 Å². The average Bonchev–Trinajstić information content (AvgIpc) is 3.28. The molecule has 31 heavy (non-hydrogen) atoms. The SMILES string of the molecule is Cc1ccc(NC(=O)COc2ccccc2-c2noc(COc3ccccc3)n2)cc1. The van der Waals surface area contributed by atoms with Crippen LogP contribution < -0.4 is 14.8 Å². The highest BCUT2D eigenvalue weighted by atomic mass is 16.5. The van der Waals surface area contributed by atoms with Gasteiger partial charge in [0.15, 0.2) is 13.2 Å². The lowest BCUT2D eigenvalue weighted by molar-refractivity contribution is -0.118. The second-order valence-electron chi connectivity index (χ2n) is 6.81. The van der Waals surface area contributed by atoms with Crippen LogP contribution in [-0.4, -0.2) is 22.7 Å². The second kappa shape index (κ2) is 9.58. The van der Waals surface area contributed by atoms with E-state index in [0.29, 0.717) is 34.5 Å². The molecule has 0 saturated carbocycles. The molecule has 1 amide bonds. The van der Waals surface area contributed by atoms with Crippen molar-refractivity contribution in [1.82, 2.24) is 10.1 Å². The van der Waals surface area contributed by atoms with E-state index in [4.69, 9.17) is 14.0 Å². The Morgan fingerprint density at radius 2 is 1.68 bits per heavy atom. The number of carbonyl (C=O) groups is 1. The highest BCUT2D eigenvalue weighted by molar-refractivity contribution is 5.92. The van der Waals surface area contributed by atoms with Crippen LogP contribution in [0.2, 0.25) is 0 Å². The van der Waals surface area contributed by atoms with Crippen molar-refractivity contribution in [3.63, 3.8) is 0 Å². The van der Waals surface area contributed by atoms with Crippen LogP contribution in [0, 0.1) is 6.92 Å². The van der Waals surface area contributed by atoms with Gasteiger partial charge in [-0.3, -0.25) is 4.79 Å². The van der Waals surface area contributed by atoms with Gasteiger partial charge in [0.25, 0.3) is 11.8 Å². The minimum absolute atomic E-state index is 0.146. The van der Waals surface area contributed by atoms with Gasteiger partial charge in [-0.25, -0.2) is 0 Å². The van der Waals surface area contributed by atoms with Crippen LogP contribution >= 0.6 is 0 Å². The zero-order valence-electron chi connectivity index (χ0n) is 16.9. The number of anilines is 1. The molecule has 4 aromatic rings. The van der Waals surface area contributed by atoms with Crippen LogP contribution in [0.25, 0.3) is 11.4 Å². The molecule has 1 heterocycles. The van der Waals surface area contributed by atoms with Gasteiger partial charge in [-0.1, -0.05) is 53.2 Å². The fourth-order valence-corrected chi connectivity index (χ4v) is 2.84. The third-order valence-electron chi connectivity index (χ3n) is 4.40. The van der Waals surface area contributed by atoms with E-state index < -0.39 is 0 Å². The molecule has 4 rings (SSSR count). The number of ether oxygens (including phenoxy) is 2. The lowest BCUT2D eigenvalue weighted by Gasteiger charge is -2.10. The molecular weight excluding hydrogens is 394 g/mol. The monoisotopic (exact) mass is 415 g/mol. The molecule has 0 aliphatic rings. The topological polar surface area (TPSA) is 86.5 Å². The first kappa shape index (κ1) is 20.2. The maximum atomic E-state index is 12.2. The zero-order valence-corrected chi connectivity index (χ0v) is 16.9. The van der Waals surface area contributed by atoms with Crippen molar-refractivity contribution in [2.45, 2.75) is 13.5 Å². The van der Waals surface area contributed by atoms with Gasteiger partial charge >= 0.3 is 0 Å².